The average molecular weight is 670 g/mol. The van der Waals surface area contributed by atoms with Gasteiger partial charge >= 0.3 is 6.18 Å². The minimum atomic E-state index is -4.70. The summed E-state index contributed by atoms with van der Waals surface area (Å²) in [5.74, 6) is -0.364. The van der Waals surface area contributed by atoms with E-state index >= 15 is 0 Å². The highest BCUT2D eigenvalue weighted by Gasteiger charge is 2.31. The Kier molecular flexibility index (Phi) is 9.77. The molecule has 0 unspecified atom stereocenters. The molecule has 4 aromatic rings. The number of halogens is 5. The van der Waals surface area contributed by atoms with E-state index < -0.39 is 22.9 Å². The SMILES string of the molecule is CN(Cc1cc(-c2ccc(Cl)cc2)cc(-c2cc(-c3cc(C(F)(F)F)ccc3Cl)c(C#N)c(=O)[nH]2)c1O)C(=O)CCN1CCCC1. The molecule has 1 amide bonds. The van der Waals surface area contributed by atoms with Crippen LogP contribution in [0.15, 0.2) is 65.5 Å². The van der Waals surface area contributed by atoms with Crippen molar-refractivity contribution in [2.45, 2.75) is 32.0 Å². The molecule has 0 saturated carbocycles. The largest absolute Gasteiger partial charge is 0.507 e. The summed E-state index contributed by atoms with van der Waals surface area (Å²) in [4.78, 5) is 32.5. The number of alkyl halides is 3. The Morgan fingerprint density at radius 2 is 1.70 bits per heavy atom. The molecule has 0 radical (unpaired) electrons. The van der Waals surface area contributed by atoms with Gasteiger partial charge in [-0.3, -0.25) is 9.59 Å². The molecule has 1 saturated heterocycles. The predicted octanol–water partition coefficient (Wildman–Crippen LogP) is 7.72. The van der Waals surface area contributed by atoms with Gasteiger partial charge in [0.1, 0.15) is 17.4 Å². The number of carbonyl (C=O) groups is 1. The summed E-state index contributed by atoms with van der Waals surface area (Å²) in [7, 11) is 1.64. The molecular formula is C34H29Cl2F3N4O3. The number of phenolic OH excluding ortho intramolecular Hbond substituents is 1. The molecule has 1 fully saturated rings. The van der Waals surface area contributed by atoms with Crippen LogP contribution in [-0.2, 0) is 17.5 Å². The Morgan fingerprint density at radius 3 is 2.35 bits per heavy atom. The van der Waals surface area contributed by atoms with Crippen LogP contribution in [0.5, 0.6) is 5.75 Å². The van der Waals surface area contributed by atoms with Crippen LogP contribution < -0.4 is 5.56 Å². The maximum Gasteiger partial charge on any atom is 0.416 e. The number of benzene rings is 3. The van der Waals surface area contributed by atoms with Crippen LogP contribution >= 0.6 is 23.2 Å². The molecule has 12 heteroatoms. The maximum atomic E-state index is 13.6. The normalized spacial score (nSPS) is 13.5. The Bertz CT molecular complexity index is 1880. The zero-order chi connectivity index (χ0) is 33.2. The summed E-state index contributed by atoms with van der Waals surface area (Å²) >= 11 is 12.4. The molecule has 46 heavy (non-hydrogen) atoms. The summed E-state index contributed by atoms with van der Waals surface area (Å²) in [6.45, 7) is 2.59. The third-order valence-electron chi connectivity index (χ3n) is 8.06. The van der Waals surface area contributed by atoms with Crippen LogP contribution in [0.3, 0.4) is 0 Å². The number of likely N-dealkylation sites (tertiary alicyclic amines) is 1. The van der Waals surface area contributed by atoms with Gasteiger partial charge in [-0.15, -0.1) is 0 Å². The Balaban J connectivity index is 1.62. The van der Waals surface area contributed by atoms with Gasteiger partial charge < -0.3 is 19.9 Å². The molecule has 238 valence electrons. The number of phenols is 1. The van der Waals surface area contributed by atoms with Crippen LogP contribution in [0.4, 0.5) is 13.2 Å². The van der Waals surface area contributed by atoms with Crippen LogP contribution in [0.1, 0.15) is 36.0 Å². The van der Waals surface area contributed by atoms with Crippen LogP contribution in [0.25, 0.3) is 33.5 Å². The highest BCUT2D eigenvalue weighted by molar-refractivity contribution is 6.33. The molecule has 0 atom stereocenters. The average Bonchev–Trinajstić information content (AvgIpc) is 3.54. The molecule has 0 spiro atoms. The lowest BCUT2D eigenvalue weighted by atomic mass is 9.94. The first-order chi connectivity index (χ1) is 21.8. The topological polar surface area (TPSA) is 100 Å². The first kappa shape index (κ1) is 33.1. The van der Waals surface area contributed by atoms with Crippen molar-refractivity contribution in [2.24, 2.45) is 0 Å². The highest BCUT2D eigenvalue weighted by Crippen LogP contribution is 2.41. The van der Waals surface area contributed by atoms with Gasteiger partial charge in [-0.05, 0) is 85.6 Å². The molecule has 1 aromatic heterocycles. The Morgan fingerprint density at radius 1 is 1.00 bits per heavy atom. The number of hydrogen-bond acceptors (Lipinski definition) is 5. The maximum absolute atomic E-state index is 13.6. The third kappa shape index (κ3) is 7.23. The zero-order valence-corrected chi connectivity index (χ0v) is 26.2. The standard InChI is InChI=1S/C34H29Cl2F3N4O3/c1-42(31(44)10-13-43-11-2-3-12-43)19-22-14-21(20-4-7-24(35)8-5-20)15-27(32(22)45)30-17-25(28(18-40)33(46)41-30)26-16-23(34(37,38)39)6-9-29(26)36/h4-9,14-17,45H,2-3,10-13,19H2,1H3,(H,41,46). The molecule has 5 rings (SSSR count). The number of nitrogens with zero attached hydrogens (tertiary/aromatic N) is 3. The highest BCUT2D eigenvalue weighted by atomic mass is 35.5. The number of aromatic amines is 1. The van der Waals surface area contributed by atoms with Crippen molar-refractivity contribution in [1.82, 2.24) is 14.8 Å². The van der Waals surface area contributed by atoms with Crippen molar-refractivity contribution in [3.05, 3.63) is 97.8 Å². The molecule has 2 N–H and O–H groups in total. The minimum absolute atomic E-state index is 0.0325. The van der Waals surface area contributed by atoms with Crippen molar-refractivity contribution in [3.63, 3.8) is 0 Å². The number of hydrogen-bond donors (Lipinski definition) is 2. The summed E-state index contributed by atoms with van der Waals surface area (Å²) in [5.41, 5.74) is -0.781. The van der Waals surface area contributed by atoms with Gasteiger partial charge in [-0.25, -0.2) is 0 Å². The van der Waals surface area contributed by atoms with E-state index in [1.807, 2.05) is 0 Å². The molecule has 2 heterocycles. The van der Waals surface area contributed by atoms with E-state index in [-0.39, 0.29) is 45.6 Å². The number of carbonyl (C=O) groups excluding carboxylic acids is 1. The lowest BCUT2D eigenvalue weighted by Crippen LogP contribution is -2.30. The molecule has 1 aliphatic rings. The molecule has 1 aliphatic heterocycles. The number of pyridine rings is 1. The summed E-state index contributed by atoms with van der Waals surface area (Å²) in [6.07, 6.45) is -2.17. The second-order valence-electron chi connectivity index (χ2n) is 11.2. The van der Waals surface area contributed by atoms with E-state index in [0.29, 0.717) is 34.7 Å². The second-order valence-corrected chi connectivity index (χ2v) is 12.0. The number of nitrogens with one attached hydrogen (secondary N) is 1. The van der Waals surface area contributed by atoms with Gasteiger partial charge in [-0.1, -0.05) is 35.3 Å². The number of rotatable bonds is 8. The van der Waals surface area contributed by atoms with Gasteiger partial charge in [0.15, 0.2) is 0 Å². The monoisotopic (exact) mass is 668 g/mol. The predicted molar refractivity (Wildman–Crippen MR) is 172 cm³/mol. The van der Waals surface area contributed by atoms with Gasteiger partial charge in [0.2, 0.25) is 5.91 Å². The van der Waals surface area contributed by atoms with Gasteiger partial charge in [0.25, 0.3) is 5.56 Å². The van der Waals surface area contributed by atoms with E-state index in [1.54, 1.807) is 49.5 Å². The van der Waals surface area contributed by atoms with Crippen molar-refractivity contribution in [1.29, 1.82) is 5.26 Å². The van der Waals surface area contributed by atoms with Crippen LogP contribution in [0, 0.1) is 11.3 Å². The molecule has 7 nitrogen and oxygen atoms in total. The zero-order valence-electron chi connectivity index (χ0n) is 24.7. The van der Waals surface area contributed by atoms with E-state index in [4.69, 9.17) is 23.2 Å². The quantitative estimate of drug-likeness (QED) is 0.200. The molecule has 0 aliphatic carbocycles. The Hall–Kier alpha value is -4.30. The fraction of sp³-hybridized carbons (Fsp3) is 0.265. The van der Waals surface area contributed by atoms with Gasteiger partial charge in [-0.2, -0.15) is 18.4 Å². The lowest BCUT2D eigenvalue weighted by molar-refractivity contribution is -0.137. The second kappa shape index (κ2) is 13.6. The fourth-order valence-electron chi connectivity index (χ4n) is 5.56. The van der Waals surface area contributed by atoms with E-state index in [1.165, 1.54) is 11.0 Å². The number of nitriles is 1. The fourth-order valence-corrected chi connectivity index (χ4v) is 5.91. The number of amides is 1. The van der Waals surface area contributed by atoms with E-state index in [2.05, 4.69) is 9.88 Å². The Labute approximate surface area is 273 Å². The van der Waals surface area contributed by atoms with Crippen LogP contribution in [-0.4, -0.2) is 52.5 Å². The summed E-state index contributed by atoms with van der Waals surface area (Å²) in [6, 6.07) is 15.9. The first-order valence-electron chi connectivity index (χ1n) is 14.5. The molecule has 0 bridgehead atoms. The van der Waals surface area contributed by atoms with Crippen molar-refractivity contribution in [3.8, 4) is 45.3 Å². The van der Waals surface area contributed by atoms with Gasteiger partial charge in [0, 0.05) is 58.9 Å². The van der Waals surface area contributed by atoms with Gasteiger partial charge in [0.05, 0.1) is 11.3 Å². The van der Waals surface area contributed by atoms with E-state index in [0.717, 1.165) is 44.1 Å². The summed E-state index contributed by atoms with van der Waals surface area (Å²) in [5, 5.41) is 21.7. The van der Waals surface area contributed by atoms with Crippen LogP contribution in [0.2, 0.25) is 10.0 Å². The lowest BCUT2D eigenvalue weighted by Gasteiger charge is -2.22. The number of aromatic hydroxyl groups is 1. The third-order valence-corrected chi connectivity index (χ3v) is 8.64. The van der Waals surface area contributed by atoms with Crippen molar-refractivity contribution in [2.75, 3.05) is 26.7 Å². The molecular weight excluding hydrogens is 640 g/mol. The number of H-pyrrole nitrogens is 1. The smallest absolute Gasteiger partial charge is 0.416 e. The minimum Gasteiger partial charge on any atom is -0.507 e. The number of aromatic nitrogens is 1. The van der Waals surface area contributed by atoms with Crippen molar-refractivity contribution >= 4 is 29.1 Å². The first-order valence-corrected chi connectivity index (χ1v) is 15.2. The molecule has 3 aromatic carbocycles. The summed E-state index contributed by atoms with van der Waals surface area (Å²) < 4.78 is 40.8. The van der Waals surface area contributed by atoms with E-state index in [9.17, 15) is 33.1 Å². The van der Waals surface area contributed by atoms with Crippen molar-refractivity contribution < 1.29 is 23.1 Å².